The third kappa shape index (κ3) is 4.63. The van der Waals surface area contributed by atoms with E-state index in [1.54, 1.807) is 0 Å². The van der Waals surface area contributed by atoms with Crippen molar-refractivity contribution in [1.82, 2.24) is 5.32 Å². The SMILES string of the molecule is CCNCC(CC)(CC)COCC. The maximum Gasteiger partial charge on any atom is 0.0534 e. The zero-order valence-electron chi connectivity index (χ0n) is 9.65. The van der Waals surface area contributed by atoms with Crippen LogP contribution in [0.25, 0.3) is 0 Å². The number of hydrogen-bond donors (Lipinski definition) is 1. The average molecular weight is 187 g/mol. The lowest BCUT2D eigenvalue weighted by atomic mass is 9.83. The molecule has 0 aromatic carbocycles. The van der Waals surface area contributed by atoms with Crippen molar-refractivity contribution in [3.63, 3.8) is 0 Å². The van der Waals surface area contributed by atoms with Crippen molar-refractivity contribution in [3.8, 4) is 0 Å². The monoisotopic (exact) mass is 187 g/mol. The fraction of sp³-hybridized carbons (Fsp3) is 1.00. The van der Waals surface area contributed by atoms with Crippen LogP contribution in [0.3, 0.4) is 0 Å². The summed E-state index contributed by atoms with van der Waals surface area (Å²) in [5, 5.41) is 3.42. The largest absolute Gasteiger partial charge is 0.381 e. The molecule has 13 heavy (non-hydrogen) atoms. The molecule has 0 rings (SSSR count). The van der Waals surface area contributed by atoms with Crippen LogP contribution >= 0.6 is 0 Å². The molecule has 0 bridgehead atoms. The summed E-state index contributed by atoms with van der Waals surface area (Å²) in [6.07, 6.45) is 2.38. The Morgan fingerprint density at radius 3 is 2.08 bits per heavy atom. The fourth-order valence-electron chi connectivity index (χ4n) is 1.46. The van der Waals surface area contributed by atoms with E-state index in [4.69, 9.17) is 4.74 Å². The zero-order chi connectivity index (χ0) is 10.2. The van der Waals surface area contributed by atoms with Gasteiger partial charge in [-0.3, -0.25) is 0 Å². The predicted octanol–water partition coefficient (Wildman–Crippen LogP) is 2.44. The van der Waals surface area contributed by atoms with Crippen molar-refractivity contribution in [1.29, 1.82) is 0 Å². The van der Waals surface area contributed by atoms with E-state index in [2.05, 4.69) is 33.0 Å². The van der Waals surface area contributed by atoms with Crippen LogP contribution in [0.1, 0.15) is 40.5 Å². The molecule has 0 radical (unpaired) electrons. The van der Waals surface area contributed by atoms with Gasteiger partial charge in [-0.25, -0.2) is 0 Å². The molecule has 2 heteroatoms. The summed E-state index contributed by atoms with van der Waals surface area (Å²) in [5.74, 6) is 0. The molecule has 0 heterocycles. The molecule has 0 aromatic heterocycles. The number of hydrogen-bond acceptors (Lipinski definition) is 2. The minimum atomic E-state index is 0.353. The molecular formula is C11H25NO. The van der Waals surface area contributed by atoms with Gasteiger partial charge in [-0.15, -0.1) is 0 Å². The highest BCUT2D eigenvalue weighted by atomic mass is 16.5. The van der Waals surface area contributed by atoms with Gasteiger partial charge in [0.05, 0.1) is 6.61 Å². The first-order valence-corrected chi connectivity index (χ1v) is 5.53. The smallest absolute Gasteiger partial charge is 0.0534 e. The summed E-state index contributed by atoms with van der Waals surface area (Å²) in [5.41, 5.74) is 0.353. The third-order valence-electron chi connectivity index (χ3n) is 2.86. The lowest BCUT2D eigenvalue weighted by Crippen LogP contribution is -2.37. The van der Waals surface area contributed by atoms with Crippen molar-refractivity contribution in [3.05, 3.63) is 0 Å². The molecule has 1 N–H and O–H groups in total. The summed E-state index contributed by atoms with van der Waals surface area (Å²) in [7, 11) is 0. The van der Waals surface area contributed by atoms with E-state index in [1.165, 1.54) is 12.8 Å². The lowest BCUT2D eigenvalue weighted by Gasteiger charge is -2.31. The highest BCUT2D eigenvalue weighted by Gasteiger charge is 2.25. The van der Waals surface area contributed by atoms with Crippen LogP contribution in [0.4, 0.5) is 0 Å². The minimum Gasteiger partial charge on any atom is -0.381 e. The third-order valence-corrected chi connectivity index (χ3v) is 2.86. The van der Waals surface area contributed by atoms with Crippen molar-refractivity contribution >= 4 is 0 Å². The van der Waals surface area contributed by atoms with Gasteiger partial charge < -0.3 is 10.1 Å². The summed E-state index contributed by atoms with van der Waals surface area (Å²) < 4.78 is 5.54. The van der Waals surface area contributed by atoms with Crippen molar-refractivity contribution in [2.45, 2.75) is 40.5 Å². The molecule has 0 amide bonds. The Kier molecular flexibility index (Phi) is 7.29. The van der Waals surface area contributed by atoms with Gasteiger partial charge in [0, 0.05) is 18.6 Å². The molecule has 2 nitrogen and oxygen atoms in total. The minimum absolute atomic E-state index is 0.353. The molecule has 0 fully saturated rings. The van der Waals surface area contributed by atoms with Gasteiger partial charge in [-0.05, 0) is 26.3 Å². The molecule has 0 saturated heterocycles. The van der Waals surface area contributed by atoms with Gasteiger partial charge in [-0.1, -0.05) is 20.8 Å². The van der Waals surface area contributed by atoms with E-state index < -0.39 is 0 Å². The molecule has 0 spiro atoms. The number of ether oxygens (including phenoxy) is 1. The first-order valence-electron chi connectivity index (χ1n) is 5.53. The topological polar surface area (TPSA) is 21.3 Å². The number of nitrogens with one attached hydrogen (secondary N) is 1. The first-order chi connectivity index (χ1) is 6.24. The van der Waals surface area contributed by atoms with Gasteiger partial charge in [0.25, 0.3) is 0 Å². The van der Waals surface area contributed by atoms with E-state index in [1.807, 2.05) is 0 Å². The molecule has 0 aliphatic carbocycles. The van der Waals surface area contributed by atoms with Gasteiger partial charge >= 0.3 is 0 Å². The Morgan fingerprint density at radius 2 is 1.69 bits per heavy atom. The molecule has 0 saturated carbocycles. The van der Waals surface area contributed by atoms with Crippen LogP contribution in [-0.2, 0) is 4.74 Å². The number of rotatable bonds is 8. The van der Waals surface area contributed by atoms with Crippen molar-refractivity contribution < 1.29 is 4.74 Å². The van der Waals surface area contributed by atoms with Crippen LogP contribution in [0.2, 0.25) is 0 Å². The molecular weight excluding hydrogens is 162 g/mol. The second-order valence-corrected chi connectivity index (χ2v) is 3.62. The van der Waals surface area contributed by atoms with Gasteiger partial charge in [0.1, 0.15) is 0 Å². The van der Waals surface area contributed by atoms with E-state index in [9.17, 15) is 0 Å². The van der Waals surface area contributed by atoms with E-state index in [0.29, 0.717) is 5.41 Å². The Labute approximate surface area is 83.1 Å². The molecule has 0 aliphatic rings. The summed E-state index contributed by atoms with van der Waals surface area (Å²) in [6.45, 7) is 12.6. The van der Waals surface area contributed by atoms with Crippen LogP contribution in [-0.4, -0.2) is 26.3 Å². The van der Waals surface area contributed by atoms with E-state index >= 15 is 0 Å². The molecule has 0 atom stereocenters. The van der Waals surface area contributed by atoms with E-state index in [-0.39, 0.29) is 0 Å². The first kappa shape index (κ1) is 12.9. The molecule has 80 valence electrons. The zero-order valence-corrected chi connectivity index (χ0v) is 9.65. The Balaban J connectivity index is 3.97. The van der Waals surface area contributed by atoms with Crippen molar-refractivity contribution in [2.24, 2.45) is 5.41 Å². The normalized spacial score (nSPS) is 12.0. The highest BCUT2D eigenvalue weighted by molar-refractivity contribution is 4.78. The summed E-state index contributed by atoms with van der Waals surface area (Å²) in [6, 6.07) is 0. The van der Waals surface area contributed by atoms with Gasteiger partial charge in [-0.2, -0.15) is 0 Å². The van der Waals surface area contributed by atoms with E-state index in [0.717, 1.165) is 26.3 Å². The molecule has 0 aliphatic heterocycles. The average Bonchev–Trinajstić information content (AvgIpc) is 2.20. The van der Waals surface area contributed by atoms with Gasteiger partial charge in [0.15, 0.2) is 0 Å². The Morgan fingerprint density at radius 1 is 1.08 bits per heavy atom. The summed E-state index contributed by atoms with van der Waals surface area (Å²) >= 11 is 0. The quantitative estimate of drug-likeness (QED) is 0.630. The predicted molar refractivity (Wildman–Crippen MR) is 58.1 cm³/mol. The van der Waals surface area contributed by atoms with Gasteiger partial charge in [0.2, 0.25) is 0 Å². The summed E-state index contributed by atoms with van der Waals surface area (Å²) in [4.78, 5) is 0. The van der Waals surface area contributed by atoms with Crippen LogP contribution < -0.4 is 5.32 Å². The second-order valence-electron chi connectivity index (χ2n) is 3.62. The van der Waals surface area contributed by atoms with Crippen LogP contribution in [0.5, 0.6) is 0 Å². The van der Waals surface area contributed by atoms with Crippen LogP contribution in [0.15, 0.2) is 0 Å². The standard InChI is InChI=1S/C11H25NO/c1-5-11(6-2,9-12-7-3)10-13-8-4/h12H,5-10H2,1-4H3. The molecule has 0 aromatic rings. The Hall–Kier alpha value is -0.0800. The van der Waals surface area contributed by atoms with Crippen LogP contribution in [0, 0.1) is 5.41 Å². The molecule has 0 unspecified atom stereocenters. The van der Waals surface area contributed by atoms with Crippen molar-refractivity contribution in [2.75, 3.05) is 26.3 Å². The maximum absolute atomic E-state index is 5.54. The lowest BCUT2D eigenvalue weighted by molar-refractivity contribution is 0.0449. The maximum atomic E-state index is 5.54. The highest BCUT2D eigenvalue weighted by Crippen LogP contribution is 2.25. The second kappa shape index (κ2) is 7.34. The Bertz CT molecular complexity index is 101. The fourth-order valence-corrected chi connectivity index (χ4v) is 1.46.